The molecule has 1 aromatic carbocycles. The maximum Gasteiger partial charge on any atom is 0.220 e. The molecule has 4 nitrogen and oxygen atoms in total. The van der Waals surface area contributed by atoms with Crippen LogP contribution in [0.15, 0.2) is 24.3 Å². The topological polar surface area (TPSA) is 64.3 Å². The number of benzene rings is 1. The number of ether oxygens (including phenoxy) is 1. The number of nitrogen functional groups attached to an aromatic ring is 1. The van der Waals surface area contributed by atoms with Gasteiger partial charge in [-0.05, 0) is 18.6 Å². The second kappa shape index (κ2) is 7.54. The molecule has 0 bridgehead atoms. The quantitative estimate of drug-likeness (QED) is 0.562. The van der Waals surface area contributed by atoms with Crippen molar-refractivity contribution in [1.29, 1.82) is 0 Å². The van der Waals surface area contributed by atoms with Gasteiger partial charge >= 0.3 is 0 Å². The molecule has 4 heteroatoms. The number of nitrogens with one attached hydrogen (secondary N) is 1. The van der Waals surface area contributed by atoms with Crippen LogP contribution in [-0.2, 0) is 4.79 Å². The first-order valence-corrected chi connectivity index (χ1v) is 5.97. The monoisotopic (exact) mass is 236 g/mol. The van der Waals surface area contributed by atoms with Crippen LogP contribution in [-0.4, -0.2) is 19.1 Å². The van der Waals surface area contributed by atoms with Crippen LogP contribution in [0.1, 0.15) is 26.2 Å². The number of rotatable bonds is 7. The molecular formula is C13H20N2O2. The van der Waals surface area contributed by atoms with Gasteiger partial charge < -0.3 is 15.8 Å². The molecule has 0 heterocycles. The van der Waals surface area contributed by atoms with E-state index < -0.39 is 0 Å². The highest BCUT2D eigenvalue weighted by Crippen LogP contribution is 2.13. The Bertz CT molecular complexity index is 353. The highest BCUT2D eigenvalue weighted by atomic mass is 16.5. The van der Waals surface area contributed by atoms with Gasteiger partial charge in [0.05, 0.1) is 6.54 Å². The number of hydrogen-bond donors (Lipinski definition) is 2. The van der Waals surface area contributed by atoms with E-state index in [4.69, 9.17) is 10.5 Å². The maximum absolute atomic E-state index is 11.3. The van der Waals surface area contributed by atoms with Crippen LogP contribution < -0.4 is 15.8 Å². The molecule has 0 aliphatic rings. The summed E-state index contributed by atoms with van der Waals surface area (Å²) in [7, 11) is 0. The summed E-state index contributed by atoms with van der Waals surface area (Å²) < 4.78 is 5.45. The van der Waals surface area contributed by atoms with Crippen molar-refractivity contribution in [2.45, 2.75) is 26.2 Å². The van der Waals surface area contributed by atoms with E-state index in [9.17, 15) is 4.79 Å². The van der Waals surface area contributed by atoms with Gasteiger partial charge in [-0.1, -0.05) is 19.4 Å². The largest absolute Gasteiger partial charge is 0.492 e. The zero-order chi connectivity index (χ0) is 12.5. The van der Waals surface area contributed by atoms with Crippen molar-refractivity contribution in [2.75, 3.05) is 18.9 Å². The fraction of sp³-hybridized carbons (Fsp3) is 0.462. The predicted octanol–water partition coefficient (Wildman–Crippen LogP) is 1.95. The molecule has 0 spiro atoms. The summed E-state index contributed by atoms with van der Waals surface area (Å²) in [5.41, 5.74) is 6.29. The third-order valence-electron chi connectivity index (χ3n) is 2.31. The molecule has 0 saturated carbocycles. The Morgan fingerprint density at radius 3 is 3.00 bits per heavy atom. The van der Waals surface area contributed by atoms with E-state index >= 15 is 0 Å². The van der Waals surface area contributed by atoms with Gasteiger partial charge in [0.25, 0.3) is 0 Å². The van der Waals surface area contributed by atoms with Gasteiger partial charge in [0.1, 0.15) is 12.4 Å². The van der Waals surface area contributed by atoms with E-state index in [1.165, 1.54) is 0 Å². The molecule has 3 N–H and O–H groups in total. The molecule has 0 aliphatic heterocycles. The van der Waals surface area contributed by atoms with E-state index in [2.05, 4.69) is 12.2 Å². The number of nitrogens with two attached hydrogens (primary N) is 1. The molecule has 0 saturated heterocycles. The van der Waals surface area contributed by atoms with E-state index in [1.54, 1.807) is 12.1 Å². The zero-order valence-electron chi connectivity index (χ0n) is 10.2. The van der Waals surface area contributed by atoms with E-state index in [1.807, 2.05) is 12.1 Å². The standard InChI is InChI=1S/C13H20N2O2/c1-2-3-7-13(16)15-8-9-17-12-6-4-5-11(14)10-12/h4-6,10H,2-3,7-9,14H2,1H3,(H,15,16). The van der Waals surface area contributed by atoms with Crippen molar-refractivity contribution >= 4 is 11.6 Å². The van der Waals surface area contributed by atoms with Crippen LogP contribution in [0.2, 0.25) is 0 Å². The van der Waals surface area contributed by atoms with Crippen LogP contribution in [0, 0.1) is 0 Å². The smallest absolute Gasteiger partial charge is 0.220 e. The first kappa shape index (κ1) is 13.4. The van der Waals surface area contributed by atoms with E-state index in [-0.39, 0.29) is 5.91 Å². The maximum atomic E-state index is 11.3. The number of carbonyl (C=O) groups is 1. The molecule has 0 atom stereocenters. The third kappa shape index (κ3) is 5.80. The molecule has 0 aromatic heterocycles. The normalized spacial score (nSPS) is 9.94. The van der Waals surface area contributed by atoms with Gasteiger partial charge in [-0.25, -0.2) is 0 Å². The molecule has 0 fully saturated rings. The number of anilines is 1. The Morgan fingerprint density at radius 1 is 1.47 bits per heavy atom. The lowest BCUT2D eigenvalue weighted by Gasteiger charge is -2.08. The Balaban J connectivity index is 2.14. The van der Waals surface area contributed by atoms with Gasteiger partial charge in [-0.3, -0.25) is 4.79 Å². The average Bonchev–Trinajstić information content (AvgIpc) is 2.32. The van der Waals surface area contributed by atoms with Crippen LogP contribution in [0.5, 0.6) is 5.75 Å². The molecule has 0 unspecified atom stereocenters. The Hall–Kier alpha value is -1.71. The van der Waals surface area contributed by atoms with Crippen molar-refractivity contribution in [2.24, 2.45) is 0 Å². The van der Waals surface area contributed by atoms with E-state index in [0.717, 1.165) is 18.6 Å². The Labute approximate surface area is 102 Å². The lowest BCUT2D eigenvalue weighted by Crippen LogP contribution is -2.27. The molecule has 0 aliphatic carbocycles. The minimum absolute atomic E-state index is 0.0861. The highest BCUT2D eigenvalue weighted by Gasteiger charge is 1.99. The van der Waals surface area contributed by atoms with Gasteiger partial charge in [0.15, 0.2) is 0 Å². The van der Waals surface area contributed by atoms with Crippen LogP contribution in [0.4, 0.5) is 5.69 Å². The molecule has 94 valence electrons. The summed E-state index contributed by atoms with van der Waals surface area (Å²) in [6.45, 7) is 3.05. The Morgan fingerprint density at radius 2 is 2.29 bits per heavy atom. The average molecular weight is 236 g/mol. The van der Waals surface area contributed by atoms with Crippen molar-refractivity contribution in [1.82, 2.24) is 5.32 Å². The fourth-order valence-electron chi connectivity index (χ4n) is 1.39. The SMILES string of the molecule is CCCCC(=O)NCCOc1cccc(N)c1. The Kier molecular flexibility index (Phi) is 5.93. The number of amides is 1. The molecular weight excluding hydrogens is 216 g/mol. The summed E-state index contributed by atoms with van der Waals surface area (Å²) in [5.74, 6) is 0.816. The van der Waals surface area contributed by atoms with Gasteiger partial charge in [0.2, 0.25) is 5.91 Å². The third-order valence-corrected chi connectivity index (χ3v) is 2.31. The van der Waals surface area contributed by atoms with Crippen molar-refractivity contribution in [3.05, 3.63) is 24.3 Å². The second-order valence-electron chi connectivity index (χ2n) is 3.87. The first-order valence-electron chi connectivity index (χ1n) is 5.97. The summed E-state index contributed by atoms with van der Waals surface area (Å²) in [4.78, 5) is 11.3. The van der Waals surface area contributed by atoms with Gasteiger partial charge in [-0.15, -0.1) is 0 Å². The van der Waals surface area contributed by atoms with Crippen LogP contribution >= 0.6 is 0 Å². The second-order valence-corrected chi connectivity index (χ2v) is 3.87. The summed E-state index contributed by atoms with van der Waals surface area (Å²) in [5, 5.41) is 2.81. The van der Waals surface area contributed by atoms with E-state index in [0.29, 0.717) is 25.3 Å². The summed E-state index contributed by atoms with van der Waals surface area (Å²) in [6.07, 6.45) is 2.56. The lowest BCUT2D eigenvalue weighted by atomic mass is 10.2. The molecule has 0 radical (unpaired) electrons. The fourth-order valence-corrected chi connectivity index (χ4v) is 1.39. The predicted molar refractivity (Wildman–Crippen MR) is 68.9 cm³/mol. The summed E-state index contributed by atoms with van der Waals surface area (Å²) in [6, 6.07) is 7.25. The number of carbonyl (C=O) groups excluding carboxylic acids is 1. The number of hydrogen-bond acceptors (Lipinski definition) is 3. The van der Waals surface area contributed by atoms with Gasteiger partial charge in [-0.2, -0.15) is 0 Å². The van der Waals surface area contributed by atoms with Crippen LogP contribution in [0.3, 0.4) is 0 Å². The first-order chi connectivity index (χ1) is 8.22. The lowest BCUT2D eigenvalue weighted by molar-refractivity contribution is -0.121. The molecule has 1 rings (SSSR count). The minimum atomic E-state index is 0.0861. The molecule has 1 aromatic rings. The minimum Gasteiger partial charge on any atom is -0.492 e. The zero-order valence-corrected chi connectivity index (χ0v) is 10.2. The molecule has 1 amide bonds. The van der Waals surface area contributed by atoms with Crippen molar-refractivity contribution in [3.63, 3.8) is 0 Å². The van der Waals surface area contributed by atoms with Crippen LogP contribution in [0.25, 0.3) is 0 Å². The van der Waals surface area contributed by atoms with Crippen molar-refractivity contribution in [3.8, 4) is 5.75 Å². The van der Waals surface area contributed by atoms with Gasteiger partial charge in [0, 0.05) is 18.2 Å². The number of unbranched alkanes of at least 4 members (excludes halogenated alkanes) is 1. The molecule has 17 heavy (non-hydrogen) atoms. The summed E-state index contributed by atoms with van der Waals surface area (Å²) >= 11 is 0. The van der Waals surface area contributed by atoms with Crippen molar-refractivity contribution < 1.29 is 9.53 Å². The highest BCUT2D eigenvalue weighted by molar-refractivity contribution is 5.75.